The number of rotatable bonds is 5. The summed E-state index contributed by atoms with van der Waals surface area (Å²) in [5, 5.41) is 6.31. The highest BCUT2D eigenvalue weighted by Gasteiger charge is 2.44. The Bertz CT molecular complexity index is 563. The van der Waals surface area contributed by atoms with Crippen LogP contribution in [0, 0.1) is 0 Å². The first-order valence-electron chi connectivity index (χ1n) is 7.72. The Hall–Kier alpha value is -1.05. The summed E-state index contributed by atoms with van der Waals surface area (Å²) >= 11 is 5.84. The molecule has 8 heteroatoms. The maximum atomic E-state index is 12.5. The van der Waals surface area contributed by atoms with Crippen LogP contribution in [-0.4, -0.2) is 36.3 Å². The lowest BCUT2D eigenvalue weighted by atomic mass is 9.77. The molecule has 1 saturated heterocycles. The number of nitrogens with zero attached hydrogens (tertiary/aromatic N) is 1. The number of pyridine rings is 1. The van der Waals surface area contributed by atoms with Crippen molar-refractivity contribution < 1.29 is 17.9 Å². The van der Waals surface area contributed by atoms with Crippen LogP contribution in [0.1, 0.15) is 31.2 Å². The highest BCUT2D eigenvalue weighted by Crippen LogP contribution is 2.43. The van der Waals surface area contributed by atoms with Crippen LogP contribution in [-0.2, 0) is 10.9 Å². The summed E-state index contributed by atoms with van der Waals surface area (Å²) in [6, 6.07) is 1.23. The molecule has 1 saturated carbocycles. The summed E-state index contributed by atoms with van der Waals surface area (Å²) in [6.07, 6.45) is 0.922. The van der Waals surface area contributed by atoms with E-state index in [0.29, 0.717) is 19.1 Å². The van der Waals surface area contributed by atoms with E-state index in [1.54, 1.807) is 0 Å². The van der Waals surface area contributed by atoms with Crippen molar-refractivity contribution in [2.45, 2.75) is 43.5 Å². The maximum absolute atomic E-state index is 12.5. The Balaban J connectivity index is 1.42. The van der Waals surface area contributed by atoms with Crippen molar-refractivity contribution >= 4 is 17.4 Å². The molecule has 4 nitrogen and oxygen atoms in total. The predicted octanol–water partition coefficient (Wildman–Crippen LogP) is 3.47. The topological polar surface area (TPSA) is 46.2 Å². The molecule has 1 atom stereocenters. The Kier molecular flexibility index (Phi) is 4.71. The fourth-order valence-corrected chi connectivity index (χ4v) is 3.31. The van der Waals surface area contributed by atoms with Crippen molar-refractivity contribution in [2.24, 2.45) is 0 Å². The first-order valence-corrected chi connectivity index (χ1v) is 8.10. The molecule has 0 aromatic carbocycles. The summed E-state index contributed by atoms with van der Waals surface area (Å²) in [5.74, 6) is 0.264. The second-order valence-corrected chi connectivity index (χ2v) is 6.59. The molecule has 2 fully saturated rings. The van der Waals surface area contributed by atoms with Crippen LogP contribution in [0.3, 0.4) is 0 Å². The first-order chi connectivity index (χ1) is 10.9. The highest BCUT2D eigenvalue weighted by molar-refractivity contribution is 6.32. The van der Waals surface area contributed by atoms with Crippen molar-refractivity contribution in [2.75, 3.05) is 25.0 Å². The van der Waals surface area contributed by atoms with E-state index in [4.69, 9.17) is 16.3 Å². The van der Waals surface area contributed by atoms with Crippen molar-refractivity contribution in [1.82, 2.24) is 10.3 Å². The maximum Gasteiger partial charge on any atom is 0.417 e. The Morgan fingerprint density at radius 1 is 1.35 bits per heavy atom. The van der Waals surface area contributed by atoms with Crippen molar-refractivity contribution in [3.8, 4) is 0 Å². The zero-order chi connectivity index (χ0) is 16.5. The van der Waals surface area contributed by atoms with Crippen LogP contribution in [0.4, 0.5) is 19.0 Å². The zero-order valence-electron chi connectivity index (χ0n) is 12.5. The molecular formula is C15H19ClF3N3O. The summed E-state index contributed by atoms with van der Waals surface area (Å²) in [5.41, 5.74) is -0.733. The van der Waals surface area contributed by atoms with Gasteiger partial charge in [0.05, 0.1) is 22.8 Å². The van der Waals surface area contributed by atoms with E-state index < -0.39 is 11.7 Å². The quantitative estimate of drug-likeness (QED) is 0.799. The van der Waals surface area contributed by atoms with Gasteiger partial charge in [-0.3, -0.25) is 0 Å². The van der Waals surface area contributed by atoms with Crippen LogP contribution in [0.2, 0.25) is 5.02 Å². The summed E-state index contributed by atoms with van der Waals surface area (Å²) in [7, 11) is 0. The number of alkyl halides is 3. The minimum Gasteiger partial charge on any atom is -0.373 e. The smallest absolute Gasteiger partial charge is 0.373 e. The normalized spacial score (nSPS) is 23.0. The van der Waals surface area contributed by atoms with Crippen LogP contribution < -0.4 is 10.6 Å². The number of hydrogen-bond donors (Lipinski definition) is 2. The lowest BCUT2D eigenvalue weighted by molar-refractivity contribution is -0.137. The molecule has 1 aliphatic carbocycles. The number of anilines is 1. The van der Waals surface area contributed by atoms with E-state index in [0.717, 1.165) is 38.1 Å². The fraction of sp³-hybridized carbons (Fsp3) is 0.667. The predicted molar refractivity (Wildman–Crippen MR) is 81.7 cm³/mol. The van der Waals surface area contributed by atoms with E-state index in [2.05, 4.69) is 15.6 Å². The Morgan fingerprint density at radius 2 is 2.13 bits per heavy atom. The number of aromatic nitrogens is 1. The fourth-order valence-electron chi connectivity index (χ4n) is 3.08. The minimum absolute atomic E-state index is 0.0301. The largest absolute Gasteiger partial charge is 0.417 e. The first kappa shape index (κ1) is 16.8. The monoisotopic (exact) mass is 349 g/mol. The lowest BCUT2D eigenvalue weighted by Crippen LogP contribution is -2.38. The Morgan fingerprint density at radius 3 is 2.70 bits per heavy atom. The number of ether oxygens (including phenoxy) is 1. The molecular weight excluding hydrogens is 331 g/mol. The molecule has 2 aliphatic rings. The van der Waals surface area contributed by atoms with Crippen LogP contribution in [0.25, 0.3) is 0 Å². The van der Waals surface area contributed by atoms with Gasteiger partial charge in [0, 0.05) is 25.3 Å². The standard InChI is InChI=1S/C15H19ClF3N3O/c16-12-6-10(15(17,18)19)8-22-13(12)21-5-4-20-11-7-14(23-9-11)2-1-3-14/h6,8,11,20H,1-5,7,9H2,(H,21,22). The molecule has 3 rings (SSSR count). The third-order valence-corrected chi connectivity index (χ3v) is 4.78. The molecule has 0 radical (unpaired) electrons. The Labute approximate surface area is 137 Å². The van der Waals surface area contributed by atoms with Gasteiger partial charge in [0.15, 0.2) is 0 Å². The molecule has 0 amide bonds. The molecule has 128 valence electrons. The van der Waals surface area contributed by atoms with Crippen LogP contribution in [0.5, 0.6) is 0 Å². The van der Waals surface area contributed by atoms with Gasteiger partial charge in [-0.1, -0.05) is 11.6 Å². The lowest BCUT2D eigenvalue weighted by Gasteiger charge is -2.37. The average molecular weight is 350 g/mol. The van der Waals surface area contributed by atoms with Crippen molar-refractivity contribution in [1.29, 1.82) is 0 Å². The van der Waals surface area contributed by atoms with Crippen LogP contribution in [0.15, 0.2) is 12.3 Å². The zero-order valence-corrected chi connectivity index (χ0v) is 13.3. The van der Waals surface area contributed by atoms with Crippen molar-refractivity contribution in [3.05, 3.63) is 22.8 Å². The van der Waals surface area contributed by atoms with Gasteiger partial charge in [-0.25, -0.2) is 4.98 Å². The third kappa shape index (κ3) is 3.89. The SMILES string of the molecule is FC(F)(F)c1cnc(NCCNC2COC3(CCC3)C2)c(Cl)c1. The van der Waals surface area contributed by atoms with E-state index in [1.807, 2.05) is 0 Å². The van der Waals surface area contributed by atoms with Crippen molar-refractivity contribution in [3.63, 3.8) is 0 Å². The third-order valence-electron chi connectivity index (χ3n) is 4.49. The molecule has 1 unspecified atom stereocenters. The number of halogens is 4. The van der Waals surface area contributed by atoms with E-state index in [1.165, 1.54) is 6.42 Å². The summed E-state index contributed by atoms with van der Waals surface area (Å²) in [6.45, 7) is 1.92. The van der Waals surface area contributed by atoms with Gasteiger partial charge in [-0.2, -0.15) is 13.2 Å². The van der Waals surface area contributed by atoms with Gasteiger partial charge in [0.1, 0.15) is 5.82 Å². The van der Waals surface area contributed by atoms with Gasteiger partial charge in [0.25, 0.3) is 0 Å². The number of hydrogen-bond acceptors (Lipinski definition) is 4. The van der Waals surface area contributed by atoms with Gasteiger partial charge in [0.2, 0.25) is 0 Å². The van der Waals surface area contributed by atoms with E-state index in [9.17, 15) is 13.2 Å². The second-order valence-electron chi connectivity index (χ2n) is 6.18. The molecule has 23 heavy (non-hydrogen) atoms. The van der Waals surface area contributed by atoms with Gasteiger partial charge in [-0.15, -0.1) is 0 Å². The molecule has 1 aliphatic heterocycles. The average Bonchev–Trinajstić information content (AvgIpc) is 2.88. The van der Waals surface area contributed by atoms with Gasteiger partial charge < -0.3 is 15.4 Å². The van der Waals surface area contributed by atoms with Gasteiger partial charge >= 0.3 is 6.18 Å². The molecule has 1 aromatic rings. The van der Waals surface area contributed by atoms with Crippen LogP contribution >= 0.6 is 11.6 Å². The molecule has 2 N–H and O–H groups in total. The molecule has 2 heterocycles. The minimum atomic E-state index is -4.43. The summed E-state index contributed by atoms with van der Waals surface area (Å²) in [4.78, 5) is 3.74. The van der Waals surface area contributed by atoms with E-state index >= 15 is 0 Å². The number of nitrogens with one attached hydrogen (secondary N) is 2. The molecule has 0 bridgehead atoms. The summed E-state index contributed by atoms with van der Waals surface area (Å²) < 4.78 is 43.4. The second kappa shape index (κ2) is 6.45. The van der Waals surface area contributed by atoms with E-state index in [-0.39, 0.29) is 16.4 Å². The highest BCUT2D eigenvalue weighted by atomic mass is 35.5. The van der Waals surface area contributed by atoms with Gasteiger partial charge in [-0.05, 0) is 31.7 Å². The molecule has 1 aromatic heterocycles. The molecule has 1 spiro atoms.